The van der Waals surface area contributed by atoms with Gasteiger partial charge in [-0.1, -0.05) is 15.9 Å². The first-order valence-electron chi connectivity index (χ1n) is 5.82. The quantitative estimate of drug-likeness (QED) is 0.919. The molecule has 0 aliphatic heterocycles. The Hall–Kier alpha value is -0.540. The molecule has 16 heavy (non-hydrogen) atoms. The third-order valence-electron chi connectivity index (χ3n) is 3.31. The molecule has 0 bridgehead atoms. The molecule has 86 valence electrons. The standard InChI is InChI=1S/C13H15BrO2/c14-11-5-10(13(15)3-4-13)6-12(7-11)16-8-9-1-2-9/h5-7,9,15H,1-4,8H2. The fourth-order valence-corrected chi connectivity index (χ4v) is 2.29. The summed E-state index contributed by atoms with van der Waals surface area (Å²) in [5.74, 6) is 1.63. The van der Waals surface area contributed by atoms with Gasteiger partial charge in [0.25, 0.3) is 0 Å². The molecule has 0 saturated heterocycles. The van der Waals surface area contributed by atoms with Crippen molar-refractivity contribution in [3.8, 4) is 5.75 Å². The van der Waals surface area contributed by atoms with E-state index in [2.05, 4.69) is 15.9 Å². The summed E-state index contributed by atoms with van der Waals surface area (Å²) in [7, 11) is 0. The first-order valence-corrected chi connectivity index (χ1v) is 6.61. The van der Waals surface area contributed by atoms with Gasteiger partial charge in [-0.25, -0.2) is 0 Å². The Labute approximate surface area is 104 Å². The summed E-state index contributed by atoms with van der Waals surface area (Å²) < 4.78 is 6.72. The fraction of sp³-hybridized carbons (Fsp3) is 0.538. The zero-order chi connectivity index (χ0) is 11.2. The number of ether oxygens (including phenoxy) is 1. The van der Waals surface area contributed by atoms with Crippen LogP contribution < -0.4 is 4.74 Å². The molecule has 2 nitrogen and oxygen atoms in total. The van der Waals surface area contributed by atoms with Gasteiger partial charge in [0.15, 0.2) is 0 Å². The summed E-state index contributed by atoms with van der Waals surface area (Å²) in [5, 5.41) is 10.1. The van der Waals surface area contributed by atoms with Crippen molar-refractivity contribution in [1.29, 1.82) is 0 Å². The summed E-state index contributed by atoms with van der Waals surface area (Å²) in [6.07, 6.45) is 4.33. The van der Waals surface area contributed by atoms with Crippen LogP contribution in [-0.2, 0) is 5.60 Å². The van der Waals surface area contributed by atoms with Crippen LogP contribution >= 0.6 is 15.9 Å². The molecule has 0 atom stereocenters. The second kappa shape index (κ2) is 3.74. The Bertz CT molecular complexity index is 408. The summed E-state index contributed by atoms with van der Waals surface area (Å²) in [6, 6.07) is 5.93. The molecule has 3 heteroatoms. The van der Waals surface area contributed by atoms with E-state index in [1.807, 2.05) is 18.2 Å². The minimum atomic E-state index is -0.582. The van der Waals surface area contributed by atoms with E-state index in [4.69, 9.17) is 4.74 Å². The normalized spacial score (nSPS) is 21.9. The lowest BCUT2D eigenvalue weighted by atomic mass is 10.1. The molecule has 2 saturated carbocycles. The van der Waals surface area contributed by atoms with Crippen LogP contribution in [-0.4, -0.2) is 11.7 Å². The van der Waals surface area contributed by atoms with E-state index < -0.39 is 5.60 Å². The average molecular weight is 283 g/mol. The van der Waals surface area contributed by atoms with Gasteiger partial charge in [0, 0.05) is 4.47 Å². The Morgan fingerprint density at radius 1 is 1.31 bits per heavy atom. The Morgan fingerprint density at radius 3 is 2.69 bits per heavy atom. The van der Waals surface area contributed by atoms with Crippen molar-refractivity contribution in [3.05, 3.63) is 28.2 Å². The number of hydrogen-bond donors (Lipinski definition) is 1. The highest BCUT2D eigenvalue weighted by Gasteiger charge is 2.42. The maximum Gasteiger partial charge on any atom is 0.120 e. The van der Waals surface area contributed by atoms with E-state index in [0.29, 0.717) is 0 Å². The zero-order valence-corrected chi connectivity index (χ0v) is 10.7. The Balaban J connectivity index is 1.78. The molecule has 2 fully saturated rings. The minimum Gasteiger partial charge on any atom is -0.493 e. The van der Waals surface area contributed by atoms with Crippen molar-refractivity contribution < 1.29 is 9.84 Å². The third-order valence-corrected chi connectivity index (χ3v) is 3.77. The lowest BCUT2D eigenvalue weighted by molar-refractivity contribution is 0.151. The summed E-state index contributed by atoms with van der Waals surface area (Å²) >= 11 is 3.46. The monoisotopic (exact) mass is 282 g/mol. The van der Waals surface area contributed by atoms with Crippen LogP contribution in [0.4, 0.5) is 0 Å². The number of aliphatic hydroxyl groups is 1. The van der Waals surface area contributed by atoms with Gasteiger partial charge in [0.2, 0.25) is 0 Å². The zero-order valence-electron chi connectivity index (χ0n) is 9.08. The van der Waals surface area contributed by atoms with Crippen molar-refractivity contribution in [3.63, 3.8) is 0 Å². The van der Waals surface area contributed by atoms with E-state index in [1.54, 1.807) is 0 Å². The summed E-state index contributed by atoms with van der Waals surface area (Å²) in [4.78, 5) is 0. The molecule has 0 radical (unpaired) electrons. The molecule has 0 spiro atoms. The first-order chi connectivity index (χ1) is 7.66. The molecular formula is C13H15BrO2. The molecule has 2 aliphatic carbocycles. The van der Waals surface area contributed by atoms with Crippen LogP contribution in [0, 0.1) is 5.92 Å². The van der Waals surface area contributed by atoms with Gasteiger partial charge in [-0.15, -0.1) is 0 Å². The Kier molecular flexibility index (Phi) is 2.48. The van der Waals surface area contributed by atoms with Gasteiger partial charge < -0.3 is 9.84 Å². The molecule has 1 aromatic carbocycles. The van der Waals surface area contributed by atoms with Gasteiger partial charge in [-0.2, -0.15) is 0 Å². The lowest BCUT2D eigenvalue weighted by Gasteiger charge is -2.12. The number of benzene rings is 1. The Morgan fingerprint density at radius 2 is 2.06 bits per heavy atom. The van der Waals surface area contributed by atoms with Gasteiger partial charge in [0.05, 0.1) is 12.2 Å². The van der Waals surface area contributed by atoms with Crippen molar-refractivity contribution >= 4 is 15.9 Å². The molecule has 3 rings (SSSR count). The highest BCUT2D eigenvalue weighted by Crippen LogP contribution is 2.46. The smallest absolute Gasteiger partial charge is 0.120 e. The van der Waals surface area contributed by atoms with Crippen molar-refractivity contribution in [2.24, 2.45) is 5.92 Å². The van der Waals surface area contributed by atoms with Gasteiger partial charge >= 0.3 is 0 Å². The predicted octanol–water partition coefficient (Wildman–Crippen LogP) is 3.22. The maximum absolute atomic E-state index is 10.1. The largest absolute Gasteiger partial charge is 0.493 e. The van der Waals surface area contributed by atoms with E-state index in [1.165, 1.54) is 12.8 Å². The highest BCUT2D eigenvalue weighted by molar-refractivity contribution is 9.10. The number of halogens is 1. The maximum atomic E-state index is 10.1. The first kappa shape index (κ1) is 10.6. The van der Waals surface area contributed by atoms with E-state index in [-0.39, 0.29) is 0 Å². The van der Waals surface area contributed by atoms with Crippen LogP contribution in [0.15, 0.2) is 22.7 Å². The minimum absolute atomic E-state index is 0.582. The van der Waals surface area contributed by atoms with Gasteiger partial charge in [0.1, 0.15) is 5.75 Å². The molecule has 2 aliphatic rings. The number of rotatable bonds is 4. The van der Waals surface area contributed by atoms with Crippen LogP contribution in [0.5, 0.6) is 5.75 Å². The van der Waals surface area contributed by atoms with Crippen molar-refractivity contribution in [2.45, 2.75) is 31.3 Å². The molecular weight excluding hydrogens is 268 g/mol. The predicted molar refractivity (Wildman–Crippen MR) is 65.5 cm³/mol. The summed E-state index contributed by atoms with van der Waals surface area (Å²) in [6.45, 7) is 0.814. The molecule has 0 aromatic heterocycles. The second-order valence-corrected chi connectivity index (χ2v) is 5.88. The van der Waals surface area contributed by atoms with Crippen LogP contribution in [0.25, 0.3) is 0 Å². The molecule has 1 aromatic rings. The SMILES string of the molecule is OC1(c2cc(Br)cc(OCC3CC3)c2)CC1. The van der Waals surface area contributed by atoms with Gasteiger partial charge in [-0.3, -0.25) is 0 Å². The average Bonchev–Trinajstić information content (AvgIpc) is 3.11. The topological polar surface area (TPSA) is 29.5 Å². The van der Waals surface area contributed by atoms with Gasteiger partial charge in [-0.05, 0) is 55.4 Å². The molecule has 0 unspecified atom stereocenters. The van der Waals surface area contributed by atoms with Crippen LogP contribution in [0.3, 0.4) is 0 Å². The van der Waals surface area contributed by atoms with Crippen LogP contribution in [0.1, 0.15) is 31.2 Å². The van der Waals surface area contributed by atoms with Crippen molar-refractivity contribution in [1.82, 2.24) is 0 Å². The van der Waals surface area contributed by atoms with E-state index >= 15 is 0 Å². The lowest BCUT2D eigenvalue weighted by Crippen LogP contribution is -2.05. The fourth-order valence-electron chi connectivity index (χ4n) is 1.82. The van der Waals surface area contributed by atoms with Crippen molar-refractivity contribution in [2.75, 3.05) is 6.61 Å². The summed E-state index contributed by atoms with van der Waals surface area (Å²) in [5.41, 5.74) is 0.397. The van der Waals surface area contributed by atoms with E-state index in [0.717, 1.165) is 41.2 Å². The molecule has 1 N–H and O–H groups in total. The molecule has 0 heterocycles. The van der Waals surface area contributed by atoms with E-state index in [9.17, 15) is 5.11 Å². The number of hydrogen-bond acceptors (Lipinski definition) is 2. The third kappa shape index (κ3) is 2.25. The second-order valence-electron chi connectivity index (χ2n) is 4.96. The molecule has 0 amide bonds. The van der Waals surface area contributed by atoms with Crippen LogP contribution in [0.2, 0.25) is 0 Å². The highest BCUT2D eigenvalue weighted by atomic mass is 79.9.